The SMILES string of the molecule is CC(=O)O.CC(=O)O.CC(=O)O.CC(=O)O.CC(=O)O.CC(=O)O.CC(=O)O.O.O.O.O.O.O.O.O.O.O. The summed E-state index contributed by atoms with van der Waals surface area (Å²) < 4.78 is 0. The fourth-order valence-electron chi connectivity index (χ4n) is 0. The first-order valence-corrected chi connectivity index (χ1v) is 6.49. The number of carboxylic acids is 7. The van der Waals surface area contributed by atoms with Gasteiger partial charge in [0.25, 0.3) is 41.8 Å². The highest BCUT2D eigenvalue weighted by Crippen LogP contribution is 1.44. The Morgan fingerprint density at radius 2 is 0.237 bits per heavy atom. The van der Waals surface area contributed by atoms with Gasteiger partial charge in [0.15, 0.2) is 0 Å². The van der Waals surface area contributed by atoms with Gasteiger partial charge in [-0.3, -0.25) is 33.6 Å². The Bertz CT molecular complexity index is 315. The lowest BCUT2D eigenvalue weighted by Crippen LogP contribution is -1.78. The summed E-state index contributed by atoms with van der Waals surface area (Å²) in [7, 11) is 0. The molecule has 0 rings (SSSR count). The molecule has 0 bridgehead atoms. The van der Waals surface area contributed by atoms with E-state index < -0.39 is 41.8 Å². The van der Waals surface area contributed by atoms with Crippen molar-refractivity contribution in [2.75, 3.05) is 0 Å². The molecule has 24 heteroatoms. The van der Waals surface area contributed by atoms with E-state index >= 15 is 0 Å². The van der Waals surface area contributed by atoms with Gasteiger partial charge in [-0.25, -0.2) is 0 Å². The van der Waals surface area contributed by atoms with E-state index in [0.29, 0.717) is 0 Å². The van der Waals surface area contributed by atoms with E-state index in [1.54, 1.807) is 0 Å². The standard InChI is InChI=1S/7C2H4O2.10H2O/c7*1-2(3)4;;;;;;;;;;/h7*1H3,(H,3,4);10*1H2. The Morgan fingerprint density at radius 3 is 0.237 bits per heavy atom. The van der Waals surface area contributed by atoms with Crippen LogP contribution in [-0.4, -0.2) is 132 Å². The van der Waals surface area contributed by atoms with Crippen LogP contribution in [0.3, 0.4) is 0 Å². The first-order chi connectivity index (χ1) is 12.1. The van der Waals surface area contributed by atoms with Gasteiger partial charge in [-0.2, -0.15) is 0 Å². The highest BCUT2D eigenvalue weighted by atomic mass is 16.4. The number of carbonyl (C=O) groups is 7. The number of hydrogen-bond donors (Lipinski definition) is 7. The van der Waals surface area contributed by atoms with Crippen LogP contribution in [0.1, 0.15) is 48.5 Å². The van der Waals surface area contributed by atoms with Crippen molar-refractivity contribution in [2.24, 2.45) is 0 Å². The van der Waals surface area contributed by atoms with E-state index in [2.05, 4.69) is 0 Å². The molecule has 0 fully saturated rings. The Balaban J connectivity index is -0.00000000865. The highest BCUT2D eigenvalue weighted by molar-refractivity contribution is 5.64. The summed E-state index contributed by atoms with van der Waals surface area (Å²) in [6.07, 6.45) is 0. The van der Waals surface area contributed by atoms with Gasteiger partial charge in [-0.15, -0.1) is 0 Å². The Morgan fingerprint density at radius 1 is 0.237 bits per heavy atom. The molecule has 0 amide bonds. The van der Waals surface area contributed by atoms with E-state index in [-0.39, 0.29) is 54.8 Å². The van der Waals surface area contributed by atoms with Gasteiger partial charge >= 0.3 is 0 Å². The average Bonchev–Trinajstić information content (AvgIpc) is 2.20. The average molecular weight is 601 g/mol. The number of aliphatic carboxylic acids is 7. The van der Waals surface area contributed by atoms with Gasteiger partial charge in [0.2, 0.25) is 0 Å². The Kier molecular flexibility index (Phi) is 397. The lowest BCUT2D eigenvalue weighted by atomic mass is 10.9. The molecule has 248 valence electrons. The second-order valence-corrected chi connectivity index (χ2v) is 3.63. The lowest BCUT2D eigenvalue weighted by Gasteiger charge is -1.59. The highest BCUT2D eigenvalue weighted by Gasteiger charge is 1.67. The van der Waals surface area contributed by atoms with E-state index in [0.717, 1.165) is 48.5 Å². The second kappa shape index (κ2) is 117. The summed E-state index contributed by atoms with van der Waals surface area (Å²) in [5, 5.41) is 51.9. The maximum absolute atomic E-state index is 9.00. The second-order valence-electron chi connectivity index (χ2n) is 3.63. The van der Waals surface area contributed by atoms with Crippen LogP contribution in [0.15, 0.2) is 0 Å². The maximum Gasteiger partial charge on any atom is 0.300 e. The molecule has 0 spiro atoms. The molecule has 0 aromatic carbocycles. The van der Waals surface area contributed by atoms with E-state index in [9.17, 15) is 0 Å². The number of rotatable bonds is 0. The maximum atomic E-state index is 9.00. The third kappa shape index (κ3) is 1800. The molecule has 24 nitrogen and oxygen atoms in total. The smallest absolute Gasteiger partial charge is 0.300 e. The van der Waals surface area contributed by atoms with Crippen LogP contribution < -0.4 is 0 Å². The fraction of sp³-hybridized carbons (Fsp3) is 0.500. The first-order valence-electron chi connectivity index (χ1n) is 6.49. The Hall–Kier alpha value is -4.11. The molecule has 0 saturated carbocycles. The van der Waals surface area contributed by atoms with Crippen molar-refractivity contribution in [1.82, 2.24) is 0 Å². The number of hydrogen-bond acceptors (Lipinski definition) is 7. The van der Waals surface area contributed by atoms with Crippen molar-refractivity contribution in [2.45, 2.75) is 48.5 Å². The van der Waals surface area contributed by atoms with Crippen molar-refractivity contribution in [1.29, 1.82) is 0 Å². The summed E-state index contributed by atoms with van der Waals surface area (Å²) >= 11 is 0. The topological polar surface area (TPSA) is 576 Å². The van der Waals surface area contributed by atoms with Crippen LogP contribution in [0.2, 0.25) is 0 Å². The molecule has 0 heterocycles. The van der Waals surface area contributed by atoms with Gasteiger partial charge in [0.05, 0.1) is 0 Å². The van der Waals surface area contributed by atoms with Gasteiger partial charge in [0, 0.05) is 48.5 Å². The van der Waals surface area contributed by atoms with Gasteiger partial charge in [0.1, 0.15) is 0 Å². The molecule has 0 atom stereocenters. The Labute approximate surface area is 215 Å². The van der Waals surface area contributed by atoms with Gasteiger partial charge in [-0.1, -0.05) is 0 Å². The van der Waals surface area contributed by atoms with Crippen molar-refractivity contribution < 1.29 is 124 Å². The van der Waals surface area contributed by atoms with Crippen molar-refractivity contribution in [3.05, 3.63) is 0 Å². The summed E-state index contributed by atoms with van der Waals surface area (Å²) in [6, 6.07) is 0. The predicted molar refractivity (Wildman–Crippen MR) is 129 cm³/mol. The molecule has 0 aromatic heterocycles. The third-order valence-electron chi connectivity index (χ3n) is 0. The molecule has 0 aliphatic heterocycles. The van der Waals surface area contributed by atoms with Gasteiger partial charge < -0.3 is 90.5 Å². The van der Waals surface area contributed by atoms with Crippen molar-refractivity contribution in [3.63, 3.8) is 0 Å². The molecule has 0 saturated heterocycles. The normalized spacial score (nSPS) is 4.61. The summed E-state index contributed by atoms with van der Waals surface area (Å²) in [6.45, 7) is 7.58. The summed E-state index contributed by atoms with van der Waals surface area (Å²) in [4.78, 5) is 63.0. The molecule has 0 aliphatic rings. The predicted octanol–water partition coefficient (Wildman–Crippen LogP) is -7.61. The third-order valence-corrected chi connectivity index (χ3v) is 0. The van der Waals surface area contributed by atoms with E-state index in [4.69, 9.17) is 69.3 Å². The monoisotopic (exact) mass is 600 g/mol. The minimum atomic E-state index is -0.833. The molecule has 0 aliphatic carbocycles. The van der Waals surface area contributed by atoms with Crippen LogP contribution in [0, 0.1) is 0 Å². The molecule has 0 unspecified atom stereocenters. The van der Waals surface area contributed by atoms with Crippen LogP contribution in [0.5, 0.6) is 0 Å². The zero-order valence-electron chi connectivity index (χ0n) is 21.5. The van der Waals surface area contributed by atoms with Crippen molar-refractivity contribution >= 4 is 41.8 Å². The van der Waals surface area contributed by atoms with Crippen molar-refractivity contribution in [3.8, 4) is 0 Å². The van der Waals surface area contributed by atoms with Crippen LogP contribution in [0.4, 0.5) is 0 Å². The molecule has 0 radical (unpaired) electrons. The van der Waals surface area contributed by atoms with Crippen LogP contribution in [0.25, 0.3) is 0 Å². The molecular weight excluding hydrogens is 552 g/mol. The fourth-order valence-corrected chi connectivity index (χ4v) is 0. The lowest BCUT2D eigenvalue weighted by molar-refractivity contribution is -0.135. The van der Waals surface area contributed by atoms with E-state index in [1.165, 1.54) is 0 Å². The minimum Gasteiger partial charge on any atom is -0.481 e. The molecule has 38 heavy (non-hydrogen) atoms. The van der Waals surface area contributed by atoms with E-state index in [1.807, 2.05) is 0 Å². The largest absolute Gasteiger partial charge is 0.481 e. The minimum absolute atomic E-state index is 0. The van der Waals surface area contributed by atoms with Crippen LogP contribution in [-0.2, 0) is 33.6 Å². The quantitative estimate of drug-likeness (QED) is 0.136. The molecule has 27 N–H and O–H groups in total. The first kappa shape index (κ1) is 129. The summed E-state index contributed by atoms with van der Waals surface area (Å²) in [5.74, 6) is -5.83. The zero-order valence-corrected chi connectivity index (χ0v) is 21.5. The van der Waals surface area contributed by atoms with Gasteiger partial charge in [-0.05, 0) is 0 Å². The summed E-state index contributed by atoms with van der Waals surface area (Å²) in [5.41, 5.74) is 0. The zero-order chi connectivity index (χ0) is 25.0. The molecular formula is C14H48O24. The van der Waals surface area contributed by atoms with Crippen LogP contribution >= 0.6 is 0 Å². The number of carboxylic acid groups (broad SMARTS) is 7. The molecule has 0 aromatic rings.